The lowest BCUT2D eigenvalue weighted by Gasteiger charge is -2.04. The molecule has 2 rings (SSSR count). The minimum atomic E-state index is -0.625. The molecule has 1 N–H and O–H groups in total. The van der Waals surface area contributed by atoms with Crippen LogP contribution in [0.4, 0.5) is 0 Å². The van der Waals surface area contributed by atoms with Crippen LogP contribution in [0.1, 0.15) is 61.5 Å². The van der Waals surface area contributed by atoms with E-state index in [1.54, 1.807) is 38.3 Å². The molecule has 0 aromatic carbocycles. The van der Waals surface area contributed by atoms with Crippen LogP contribution in [-0.4, -0.2) is 41.7 Å². The molecule has 0 bridgehead atoms. The molecule has 0 aliphatic heterocycles. The molecule has 0 saturated carbocycles. The van der Waals surface area contributed by atoms with Crippen LogP contribution in [0.15, 0.2) is 17.5 Å². The Labute approximate surface area is 160 Å². The maximum absolute atomic E-state index is 12.3. The minimum Gasteiger partial charge on any atom is -0.462 e. The molecule has 0 saturated heterocycles. The van der Waals surface area contributed by atoms with Gasteiger partial charge in [0.05, 0.1) is 29.2 Å². The molecule has 27 heavy (non-hydrogen) atoms. The van der Waals surface area contributed by atoms with Crippen molar-refractivity contribution in [2.45, 2.75) is 33.6 Å². The van der Waals surface area contributed by atoms with E-state index in [4.69, 9.17) is 9.47 Å². The summed E-state index contributed by atoms with van der Waals surface area (Å²) < 4.78 is 9.94. The Hall–Kier alpha value is -2.74. The average Bonchev–Trinajstić information content (AvgIpc) is 3.26. The van der Waals surface area contributed by atoms with Crippen LogP contribution in [0.25, 0.3) is 0 Å². The molecule has 144 valence electrons. The number of Topliss-reactive ketones (excluding diaryl/α,β-unsaturated/α-hetero) is 2. The zero-order valence-corrected chi connectivity index (χ0v) is 16.2. The van der Waals surface area contributed by atoms with Crippen LogP contribution in [0.5, 0.6) is 0 Å². The minimum absolute atomic E-state index is 0.0290. The average molecular weight is 391 g/mol. The normalized spacial score (nSPS) is 10.5. The van der Waals surface area contributed by atoms with Crippen molar-refractivity contribution < 1.29 is 28.7 Å². The predicted octanol–water partition coefficient (Wildman–Crippen LogP) is 3.26. The van der Waals surface area contributed by atoms with Crippen LogP contribution < -0.4 is 0 Å². The molecule has 7 nitrogen and oxygen atoms in total. The number of ketones is 2. The number of rotatable bonds is 9. The summed E-state index contributed by atoms with van der Waals surface area (Å²) in [5, 5.41) is 1.79. The number of nitrogens with one attached hydrogen (secondary N) is 1. The highest BCUT2D eigenvalue weighted by Crippen LogP contribution is 2.20. The van der Waals surface area contributed by atoms with Crippen LogP contribution in [-0.2, 0) is 14.3 Å². The first kappa shape index (κ1) is 20.6. The van der Waals surface area contributed by atoms with E-state index in [2.05, 4.69) is 4.98 Å². The first-order chi connectivity index (χ1) is 12.8. The lowest BCUT2D eigenvalue weighted by Crippen LogP contribution is -2.16. The molecule has 0 spiro atoms. The third-order valence-electron chi connectivity index (χ3n) is 3.91. The number of aryl methyl sites for hydroxylation is 1. The van der Waals surface area contributed by atoms with Gasteiger partial charge in [-0.15, -0.1) is 11.3 Å². The molecule has 2 aromatic heterocycles. The van der Waals surface area contributed by atoms with Crippen LogP contribution in [0.2, 0.25) is 0 Å². The molecule has 2 aromatic rings. The Balaban J connectivity index is 1.90. The van der Waals surface area contributed by atoms with Crippen molar-refractivity contribution >= 4 is 34.8 Å². The van der Waals surface area contributed by atoms with E-state index in [1.807, 2.05) is 0 Å². The fourth-order valence-corrected chi connectivity index (χ4v) is 3.30. The summed E-state index contributed by atoms with van der Waals surface area (Å²) in [7, 11) is 0. The van der Waals surface area contributed by atoms with Crippen molar-refractivity contribution in [3.05, 3.63) is 44.9 Å². The number of thiophene rings is 1. The molecule has 0 aliphatic carbocycles. The topological polar surface area (TPSA) is 103 Å². The molecule has 8 heteroatoms. The van der Waals surface area contributed by atoms with Gasteiger partial charge in [-0.25, -0.2) is 4.79 Å². The monoisotopic (exact) mass is 391 g/mol. The number of carbonyl (C=O) groups excluding carboxylic acids is 4. The largest absolute Gasteiger partial charge is 0.462 e. The second kappa shape index (κ2) is 9.27. The van der Waals surface area contributed by atoms with Crippen LogP contribution in [0.3, 0.4) is 0 Å². The van der Waals surface area contributed by atoms with Gasteiger partial charge in [-0.2, -0.15) is 0 Å². The van der Waals surface area contributed by atoms with Crippen molar-refractivity contribution in [1.29, 1.82) is 0 Å². The Kier molecular flexibility index (Phi) is 7.06. The zero-order chi connectivity index (χ0) is 20.0. The molecular formula is C19H21NO6S. The van der Waals surface area contributed by atoms with Gasteiger partial charge in [0.25, 0.3) is 0 Å². The Bertz CT molecular complexity index is 850. The van der Waals surface area contributed by atoms with E-state index >= 15 is 0 Å². The van der Waals surface area contributed by atoms with Gasteiger partial charge in [0, 0.05) is 12.1 Å². The summed E-state index contributed by atoms with van der Waals surface area (Å²) in [6.07, 6.45) is -0.0675. The molecule has 0 amide bonds. The number of hydrogen-bond donors (Lipinski definition) is 1. The molecule has 0 unspecified atom stereocenters. The first-order valence-electron chi connectivity index (χ1n) is 8.47. The standard InChI is InChI=1S/C19H21NO6S/c1-4-25-19(24)17-11(2)18(20-12(17)3)14(22)10-26-16(23)8-7-13(21)15-6-5-9-27-15/h5-6,9,20H,4,7-8,10H2,1-3H3. The Morgan fingerprint density at radius 3 is 2.44 bits per heavy atom. The van der Waals surface area contributed by atoms with E-state index in [9.17, 15) is 19.2 Å². The third kappa shape index (κ3) is 5.13. The van der Waals surface area contributed by atoms with E-state index in [0.29, 0.717) is 21.7 Å². The molecular weight excluding hydrogens is 370 g/mol. The maximum atomic E-state index is 12.3. The summed E-state index contributed by atoms with van der Waals surface area (Å²) in [6.45, 7) is 4.76. The fourth-order valence-electron chi connectivity index (χ4n) is 2.60. The maximum Gasteiger partial charge on any atom is 0.340 e. The summed E-state index contributed by atoms with van der Waals surface area (Å²) in [6, 6.07) is 3.46. The lowest BCUT2D eigenvalue weighted by molar-refractivity contribution is -0.142. The Morgan fingerprint density at radius 1 is 1.07 bits per heavy atom. The van der Waals surface area contributed by atoms with Gasteiger partial charge in [-0.3, -0.25) is 14.4 Å². The molecule has 2 heterocycles. The summed E-state index contributed by atoms with van der Waals surface area (Å²) >= 11 is 1.31. The van der Waals surface area contributed by atoms with Gasteiger partial charge in [0.2, 0.25) is 5.78 Å². The number of aromatic amines is 1. The molecule has 0 atom stereocenters. The highest BCUT2D eigenvalue weighted by molar-refractivity contribution is 7.12. The number of aromatic nitrogens is 1. The van der Waals surface area contributed by atoms with E-state index in [-0.39, 0.29) is 30.9 Å². The van der Waals surface area contributed by atoms with Crippen molar-refractivity contribution in [2.75, 3.05) is 13.2 Å². The highest BCUT2D eigenvalue weighted by Gasteiger charge is 2.23. The summed E-state index contributed by atoms with van der Waals surface area (Å²) in [5.41, 5.74) is 1.49. The third-order valence-corrected chi connectivity index (χ3v) is 4.82. The second-order valence-electron chi connectivity index (χ2n) is 5.83. The summed E-state index contributed by atoms with van der Waals surface area (Å²) in [5.74, 6) is -1.72. The quantitative estimate of drug-likeness (QED) is 0.520. The van der Waals surface area contributed by atoms with Gasteiger partial charge in [-0.05, 0) is 37.8 Å². The first-order valence-corrected chi connectivity index (χ1v) is 9.34. The van der Waals surface area contributed by atoms with Crippen LogP contribution in [0, 0.1) is 13.8 Å². The number of H-pyrrole nitrogens is 1. The SMILES string of the molecule is CCOC(=O)c1c(C)[nH]c(C(=O)COC(=O)CCC(=O)c2cccs2)c1C. The van der Waals surface area contributed by atoms with Gasteiger partial charge in [0.1, 0.15) is 0 Å². The zero-order valence-electron chi connectivity index (χ0n) is 15.4. The van der Waals surface area contributed by atoms with E-state index < -0.39 is 24.3 Å². The molecule has 0 fully saturated rings. The highest BCUT2D eigenvalue weighted by atomic mass is 32.1. The van der Waals surface area contributed by atoms with Gasteiger partial charge in [0.15, 0.2) is 12.4 Å². The molecule has 0 aliphatic rings. The second-order valence-corrected chi connectivity index (χ2v) is 6.78. The van der Waals surface area contributed by atoms with Gasteiger partial charge in [-0.1, -0.05) is 6.07 Å². The smallest absolute Gasteiger partial charge is 0.340 e. The van der Waals surface area contributed by atoms with E-state index in [0.717, 1.165) is 0 Å². The summed E-state index contributed by atoms with van der Waals surface area (Å²) in [4.78, 5) is 51.4. The number of ether oxygens (including phenoxy) is 2. The Morgan fingerprint density at radius 2 is 1.81 bits per heavy atom. The predicted molar refractivity (Wildman–Crippen MR) is 99.4 cm³/mol. The van der Waals surface area contributed by atoms with Crippen molar-refractivity contribution in [3.8, 4) is 0 Å². The number of hydrogen-bond acceptors (Lipinski definition) is 7. The van der Waals surface area contributed by atoms with Gasteiger partial charge < -0.3 is 14.5 Å². The van der Waals surface area contributed by atoms with Crippen LogP contribution >= 0.6 is 11.3 Å². The number of carbonyl (C=O) groups is 4. The fraction of sp³-hybridized carbons (Fsp3) is 0.368. The number of esters is 2. The van der Waals surface area contributed by atoms with Gasteiger partial charge >= 0.3 is 11.9 Å². The van der Waals surface area contributed by atoms with E-state index in [1.165, 1.54) is 11.3 Å². The lowest BCUT2D eigenvalue weighted by atomic mass is 10.1. The van der Waals surface area contributed by atoms with Crippen molar-refractivity contribution in [3.63, 3.8) is 0 Å². The molecule has 0 radical (unpaired) electrons. The van der Waals surface area contributed by atoms with Crippen molar-refractivity contribution in [1.82, 2.24) is 4.98 Å². The van der Waals surface area contributed by atoms with Crippen molar-refractivity contribution in [2.24, 2.45) is 0 Å².